The fourth-order valence-corrected chi connectivity index (χ4v) is 2.47. The maximum Gasteiger partial charge on any atom is 0.328 e. The van der Waals surface area contributed by atoms with Crippen LogP contribution in [-0.2, 0) is 9.53 Å². The Morgan fingerprint density at radius 1 is 1.55 bits per heavy atom. The van der Waals surface area contributed by atoms with Crippen molar-refractivity contribution < 1.29 is 18.8 Å². The van der Waals surface area contributed by atoms with Crippen LogP contribution < -0.4 is 4.90 Å². The highest BCUT2D eigenvalue weighted by Crippen LogP contribution is 2.35. The maximum atomic E-state index is 13.5. The summed E-state index contributed by atoms with van der Waals surface area (Å²) >= 11 is 0. The van der Waals surface area contributed by atoms with Crippen LogP contribution in [0.5, 0.6) is 0 Å². The Labute approximate surface area is 115 Å². The minimum atomic E-state index is -0.634. The number of ether oxygens (including phenoxy) is 1. The molecule has 0 aromatic heterocycles. The fraction of sp³-hybridized carbons (Fsp3) is 0.462. The minimum absolute atomic E-state index is 0.266. The van der Waals surface area contributed by atoms with Gasteiger partial charge < -0.3 is 9.64 Å². The van der Waals surface area contributed by atoms with Gasteiger partial charge in [0.25, 0.3) is 5.69 Å². The Kier molecular flexibility index (Phi) is 3.87. The van der Waals surface area contributed by atoms with E-state index in [4.69, 9.17) is 4.74 Å². The lowest BCUT2D eigenvalue weighted by atomic mass is 10.1. The molecule has 1 aromatic carbocycles. The van der Waals surface area contributed by atoms with Crippen LogP contribution in [0.3, 0.4) is 0 Å². The van der Waals surface area contributed by atoms with E-state index in [1.54, 1.807) is 4.90 Å². The van der Waals surface area contributed by atoms with Crippen LogP contribution in [0.1, 0.15) is 18.4 Å². The summed E-state index contributed by atoms with van der Waals surface area (Å²) in [6.07, 6.45) is 1.30. The van der Waals surface area contributed by atoms with Crippen molar-refractivity contribution in [1.82, 2.24) is 0 Å². The number of nitrogens with zero attached hydrogens (tertiary/aromatic N) is 2. The zero-order valence-corrected chi connectivity index (χ0v) is 11.3. The number of nitro benzene ring substituents is 1. The normalized spacial score (nSPS) is 18.1. The molecule has 1 aromatic rings. The first kappa shape index (κ1) is 14.2. The van der Waals surface area contributed by atoms with Crippen LogP contribution in [0, 0.1) is 22.9 Å². The van der Waals surface area contributed by atoms with E-state index in [2.05, 4.69) is 0 Å². The lowest BCUT2D eigenvalue weighted by Gasteiger charge is -2.24. The highest BCUT2D eigenvalue weighted by atomic mass is 19.1. The quantitative estimate of drug-likeness (QED) is 0.482. The molecule has 2 rings (SSSR count). The predicted octanol–water partition coefficient (Wildman–Crippen LogP) is 2.18. The average molecular weight is 282 g/mol. The summed E-state index contributed by atoms with van der Waals surface area (Å²) in [5, 5.41) is 11.1. The van der Waals surface area contributed by atoms with Gasteiger partial charge in [0.1, 0.15) is 17.5 Å². The molecule has 1 fully saturated rings. The van der Waals surface area contributed by atoms with Crippen molar-refractivity contribution >= 4 is 17.3 Å². The number of methoxy groups -OCH3 is 1. The number of esters is 1. The molecule has 1 saturated heterocycles. The van der Waals surface area contributed by atoms with Crippen LogP contribution in [0.2, 0.25) is 0 Å². The highest BCUT2D eigenvalue weighted by molar-refractivity contribution is 5.82. The molecular weight excluding hydrogens is 267 g/mol. The Bertz CT molecular complexity index is 562. The molecule has 1 aliphatic rings. The van der Waals surface area contributed by atoms with Crippen LogP contribution in [0.4, 0.5) is 15.8 Å². The van der Waals surface area contributed by atoms with E-state index in [1.165, 1.54) is 20.1 Å². The summed E-state index contributed by atoms with van der Waals surface area (Å²) in [6, 6.07) is 1.76. The molecule has 1 unspecified atom stereocenters. The van der Waals surface area contributed by atoms with E-state index in [0.717, 1.165) is 12.5 Å². The van der Waals surface area contributed by atoms with Gasteiger partial charge in [0.05, 0.1) is 18.1 Å². The summed E-state index contributed by atoms with van der Waals surface area (Å²) in [5.74, 6) is -1.06. The number of nitro groups is 1. The number of hydrogen-bond donors (Lipinski definition) is 0. The molecule has 6 nitrogen and oxygen atoms in total. The maximum absolute atomic E-state index is 13.5. The summed E-state index contributed by atoms with van der Waals surface area (Å²) in [6.45, 7) is 2.04. The van der Waals surface area contributed by atoms with Crippen LogP contribution in [0.25, 0.3) is 0 Å². The molecular formula is C13H15FN2O4. The molecule has 0 aliphatic carbocycles. The molecule has 1 heterocycles. The zero-order chi connectivity index (χ0) is 14.9. The standard InChI is InChI=1S/C13H15FN2O4/c1-8-6-11(12(16(18)19)7-9(8)14)15-5-3-4-10(15)13(17)20-2/h6-7,10H,3-5H2,1-2H3. The Morgan fingerprint density at radius 2 is 2.25 bits per heavy atom. The van der Waals surface area contributed by atoms with Crippen molar-refractivity contribution in [3.05, 3.63) is 33.6 Å². The largest absolute Gasteiger partial charge is 0.467 e. The van der Waals surface area contributed by atoms with E-state index in [9.17, 15) is 19.3 Å². The smallest absolute Gasteiger partial charge is 0.328 e. The van der Waals surface area contributed by atoms with Gasteiger partial charge >= 0.3 is 5.97 Å². The van der Waals surface area contributed by atoms with Gasteiger partial charge in [0.2, 0.25) is 0 Å². The molecule has 1 aliphatic heterocycles. The van der Waals surface area contributed by atoms with Crippen molar-refractivity contribution in [1.29, 1.82) is 0 Å². The molecule has 20 heavy (non-hydrogen) atoms. The van der Waals surface area contributed by atoms with Gasteiger partial charge in [-0.05, 0) is 31.4 Å². The SMILES string of the molecule is COC(=O)C1CCCN1c1cc(C)c(F)cc1[N+](=O)[O-]. The topological polar surface area (TPSA) is 72.7 Å². The molecule has 0 N–H and O–H groups in total. The number of rotatable bonds is 3. The number of halogens is 1. The molecule has 108 valence electrons. The molecule has 0 radical (unpaired) electrons. The third kappa shape index (κ3) is 2.43. The second-order valence-electron chi connectivity index (χ2n) is 4.72. The first-order valence-corrected chi connectivity index (χ1v) is 6.24. The van der Waals surface area contributed by atoms with Gasteiger partial charge in [0.15, 0.2) is 0 Å². The van der Waals surface area contributed by atoms with Crippen molar-refractivity contribution in [3.63, 3.8) is 0 Å². The Balaban J connectivity index is 2.48. The van der Waals surface area contributed by atoms with Gasteiger partial charge in [-0.2, -0.15) is 0 Å². The summed E-state index contributed by atoms with van der Waals surface area (Å²) in [7, 11) is 1.28. The van der Waals surface area contributed by atoms with E-state index in [1.807, 2.05) is 0 Å². The molecule has 0 spiro atoms. The molecule has 0 bridgehead atoms. The van der Waals surface area contributed by atoms with Crippen LogP contribution in [-0.4, -0.2) is 30.6 Å². The Morgan fingerprint density at radius 3 is 2.85 bits per heavy atom. The number of aryl methyl sites for hydroxylation is 1. The van der Waals surface area contributed by atoms with Crippen molar-refractivity contribution in [2.45, 2.75) is 25.8 Å². The summed E-state index contributed by atoms with van der Waals surface area (Å²) < 4.78 is 18.2. The van der Waals surface area contributed by atoms with Crippen LogP contribution >= 0.6 is 0 Å². The van der Waals surface area contributed by atoms with E-state index in [0.29, 0.717) is 18.5 Å². The number of carbonyl (C=O) groups is 1. The number of carbonyl (C=O) groups excluding carboxylic acids is 1. The van der Waals surface area contributed by atoms with Gasteiger partial charge in [-0.25, -0.2) is 9.18 Å². The summed E-state index contributed by atoms with van der Waals surface area (Å²) in [4.78, 5) is 23.8. The van der Waals surface area contributed by atoms with Crippen molar-refractivity contribution in [2.24, 2.45) is 0 Å². The first-order valence-electron chi connectivity index (χ1n) is 6.24. The van der Waals surface area contributed by atoms with Gasteiger partial charge in [0, 0.05) is 6.54 Å². The number of hydrogen-bond acceptors (Lipinski definition) is 5. The highest BCUT2D eigenvalue weighted by Gasteiger charge is 2.35. The first-order chi connectivity index (χ1) is 9.45. The average Bonchev–Trinajstić information content (AvgIpc) is 2.89. The summed E-state index contributed by atoms with van der Waals surface area (Å²) in [5.41, 5.74) is 0.242. The molecule has 0 saturated carbocycles. The minimum Gasteiger partial charge on any atom is -0.467 e. The lowest BCUT2D eigenvalue weighted by molar-refractivity contribution is -0.384. The molecule has 7 heteroatoms. The number of anilines is 1. The van der Waals surface area contributed by atoms with E-state index < -0.39 is 22.8 Å². The van der Waals surface area contributed by atoms with Gasteiger partial charge in [-0.1, -0.05) is 0 Å². The molecule has 1 atom stereocenters. The lowest BCUT2D eigenvalue weighted by Crippen LogP contribution is -2.37. The van der Waals surface area contributed by atoms with E-state index in [-0.39, 0.29) is 11.4 Å². The van der Waals surface area contributed by atoms with Crippen molar-refractivity contribution in [2.75, 3.05) is 18.6 Å². The van der Waals surface area contributed by atoms with Gasteiger partial charge in [-0.15, -0.1) is 0 Å². The van der Waals surface area contributed by atoms with E-state index >= 15 is 0 Å². The third-order valence-electron chi connectivity index (χ3n) is 3.49. The van der Waals surface area contributed by atoms with Gasteiger partial charge in [-0.3, -0.25) is 10.1 Å². The predicted molar refractivity (Wildman–Crippen MR) is 70.2 cm³/mol. The third-order valence-corrected chi connectivity index (χ3v) is 3.49. The van der Waals surface area contributed by atoms with Crippen LogP contribution in [0.15, 0.2) is 12.1 Å². The zero-order valence-electron chi connectivity index (χ0n) is 11.3. The van der Waals surface area contributed by atoms with Crippen molar-refractivity contribution in [3.8, 4) is 0 Å². The second-order valence-corrected chi connectivity index (χ2v) is 4.72. The number of benzene rings is 1. The monoisotopic (exact) mass is 282 g/mol. The molecule has 0 amide bonds. The Hall–Kier alpha value is -2.18. The fourth-order valence-electron chi connectivity index (χ4n) is 2.47. The second kappa shape index (κ2) is 5.44.